The van der Waals surface area contributed by atoms with Gasteiger partial charge < -0.3 is 10.1 Å². The summed E-state index contributed by atoms with van der Waals surface area (Å²) >= 11 is 1.15. The van der Waals surface area contributed by atoms with E-state index in [9.17, 15) is 14.4 Å². The first kappa shape index (κ1) is 19.0. The molecular weight excluding hydrogens is 278 g/mol. The fourth-order valence-electron chi connectivity index (χ4n) is 1.19. The van der Waals surface area contributed by atoms with Crippen molar-refractivity contribution in [2.24, 2.45) is 5.41 Å². The van der Waals surface area contributed by atoms with Crippen molar-refractivity contribution in [1.29, 1.82) is 0 Å². The van der Waals surface area contributed by atoms with Crippen molar-refractivity contribution in [3.8, 4) is 0 Å². The average molecular weight is 303 g/mol. The van der Waals surface area contributed by atoms with Gasteiger partial charge in [0.05, 0.1) is 13.0 Å². The predicted molar refractivity (Wildman–Crippen MR) is 80.4 cm³/mol. The van der Waals surface area contributed by atoms with Gasteiger partial charge in [0.1, 0.15) is 0 Å². The zero-order chi connectivity index (χ0) is 15.8. The Balaban J connectivity index is 3.82. The number of hydrogen-bond donors (Lipinski definition) is 1. The van der Waals surface area contributed by atoms with E-state index in [0.717, 1.165) is 11.8 Å². The smallest absolute Gasteiger partial charge is 0.306 e. The Kier molecular flexibility index (Phi) is 8.53. The first-order valence-corrected chi connectivity index (χ1v) is 7.57. The third kappa shape index (κ3) is 12.0. The highest BCUT2D eigenvalue weighted by atomic mass is 32.2. The molecule has 1 atom stereocenters. The molecule has 1 unspecified atom stereocenters. The highest BCUT2D eigenvalue weighted by molar-refractivity contribution is 8.14. The van der Waals surface area contributed by atoms with Crippen LogP contribution in [0.15, 0.2) is 0 Å². The number of esters is 1. The van der Waals surface area contributed by atoms with E-state index in [-0.39, 0.29) is 40.5 Å². The van der Waals surface area contributed by atoms with Gasteiger partial charge in [0.15, 0.2) is 5.12 Å². The summed E-state index contributed by atoms with van der Waals surface area (Å²) in [5.74, 6) is -0.459. The Hall–Kier alpha value is -1.04. The van der Waals surface area contributed by atoms with E-state index in [0.29, 0.717) is 13.2 Å². The molecule has 6 heteroatoms. The maximum atomic E-state index is 11.6. The Bertz CT molecular complexity index is 350. The fraction of sp³-hybridized carbons (Fsp3) is 0.786. The van der Waals surface area contributed by atoms with E-state index in [1.54, 1.807) is 0 Å². The monoisotopic (exact) mass is 303 g/mol. The lowest BCUT2D eigenvalue weighted by Gasteiger charge is -2.17. The van der Waals surface area contributed by atoms with Gasteiger partial charge in [-0.1, -0.05) is 39.5 Å². The minimum atomic E-state index is -0.344. The quantitative estimate of drug-likeness (QED) is 0.730. The zero-order valence-corrected chi connectivity index (χ0v) is 13.8. The van der Waals surface area contributed by atoms with E-state index in [1.165, 1.54) is 6.92 Å². The molecule has 0 fully saturated rings. The molecule has 0 aromatic heterocycles. The largest absolute Gasteiger partial charge is 0.465 e. The third-order valence-electron chi connectivity index (χ3n) is 2.17. The Labute approximate surface area is 125 Å². The molecule has 1 N–H and O–H groups in total. The van der Waals surface area contributed by atoms with E-state index in [1.807, 2.05) is 27.7 Å². The summed E-state index contributed by atoms with van der Waals surface area (Å²) in [6, 6.07) is 0. The molecule has 0 aliphatic heterocycles. The molecule has 0 radical (unpaired) electrons. The second-order valence-corrected chi connectivity index (χ2v) is 7.45. The number of hydrogen-bond acceptors (Lipinski definition) is 5. The van der Waals surface area contributed by atoms with Gasteiger partial charge in [-0.3, -0.25) is 14.4 Å². The van der Waals surface area contributed by atoms with Crippen LogP contribution in [0.4, 0.5) is 0 Å². The van der Waals surface area contributed by atoms with Crippen LogP contribution in [-0.2, 0) is 19.1 Å². The maximum absolute atomic E-state index is 11.6. The summed E-state index contributed by atoms with van der Waals surface area (Å²) in [6.07, 6.45) is 0.271. The highest BCUT2D eigenvalue weighted by Crippen LogP contribution is 2.16. The van der Waals surface area contributed by atoms with Gasteiger partial charge in [-0.25, -0.2) is 0 Å². The second-order valence-electron chi connectivity index (χ2n) is 5.96. The summed E-state index contributed by atoms with van der Waals surface area (Å²) in [5, 5.41) is 2.59. The van der Waals surface area contributed by atoms with Gasteiger partial charge >= 0.3 is 5.97 Å². The maximum Gasteiger partial charge on any atom is 0.306 e. The lowest BCUT2D eigenvalue weighted by Crippen LogP contribution is -2.27. The Morgan fingerprint density at radius 1 is 1.20 bits per heavy atom. The average Bonchev–Trinajstić information content (AvgIpc) is 2.30. The summed E-state index contributed by atoms with van der Waals surface area (Å²) in [4.78, 5) is 33.8. The first-order valence-electron chi connectivity index (χ1n) is 6.69. The molecule has 1 amide bonds. The topological polar surface area (TPSA) is 72.5 Å². The number of thioether (sulfide) groups is 1. The van der Waals surface area contributed by atoms with Gasteiger partial charge in [-0.2, -0.15) is 0 Å². The van der Waals surface area contributed by atoms with Crippen molar-refractivity contribution in [1.82, 2.24) is 5.32 Å². The van der Waals surface area contributed by atoms with Crippen molar-refractivity contribution in [3.05, 3.63) is 0 Å². The molecular formula is C14H25NO4S. The molecule has 116 valence electrons. The molecule has 0 bridgehead atoms. The van der Waals surface area contributed by atoms with E-state index < -0.39 is 0 Å². The van der Waals surface area contributed by atoms with Crippen molar-refractivity contribution in [2.75, 3.05) is 13.2 Å². The van der Waals surface area contributed by atoms with Crippen LogP contribution in [-0.4, -0.2) is 35.4 Å². The molecule has 0 aromatic carbocycles. The Morgan fingerprint density at radius 3 is 2.30 bits per heavy atom. The van der Waals surface area contributed by atoms with Gasteiger partial charge in [-0.05, 0) is 5.41 Å². The van der Waals surface area contributed by atoms with Crippen LogP contribution in [0.2, 0.25) is 0 Å². The molecule has 0 aliphatic carbocycles. The van der Waals surface area contributed by atoms with E-state index >= 15 is 0 Å². The van der Waals surface area contributed by atoms with Gasteiger partial charge in [0.2, 0.25) is 5.91 Å². The Morgan fingerprint density at radius 2 is 1.80 bits per heavy atom. The number of carbonyl (C=O) groups is 3. The number of amides is 1. The predicted octanol–water partition coefficient (Wildman–Crippen LogP) is 2.14. The van der Waals surface area contributed by atoms with Crippen LogP contribution < -0.4 is 5.32 Å². The second kappa shape index (κ2) is 9.00. The molecule has 5 nitrogen and oxygen atoms in total. The highest BCUT2D eigenvalue weighted by Gasteiger charge is 2.16. The summed E-state index contributed by atoms with van der Waals surface area (Å²) in [5.41, 5.74) is -0.0682. The molecule has 0 saturated carbocycles. The summed E-state index contributed by atoms with van der Waals surface area (Å²) in [6.45, 7) is 10.0. The van der Waals surface area contributed by atoms with Gasteiger partial charge in [0.25, 0.3) is 0 Å². The van der Waals surface area contributed by atoms with Crippen molar-refractivity contribution in [2.45, 2.75) is 52.7 Å². The van der Waals surface area contributed by atoms with Crippen LogP contribution in [0.25, 0.3) is 0 Å². The molecule has 0 spiro atoms. The number of ether oxygens (including phenoxy) is 1. The normalized spacial score (nSPS) is 12.7. The fourth-order valence-corrected chi connectivity index (χ4v) is 2.02. The number of rotatable bonds is 7. The number of nitrogens with one attached hydrogen (secondary N) is 1. The summed E-state index contributed by atoms with van der Waals surface area (Å²) < 4.78 is 5.08. The molecule has 0 heterocycles. The van der Waals surface area contributed by atoms with Crippen LogP contribution in [0.1, 0.15) is 47.5 Å². The van der Waals surface area contributed by atoms with Crippen LogP contribution >= 0.6 is 11.8 Å². The standard InChI is InChI=1S/C14H25NO4S/c1-10(8-15-11(2)16)20-13(18)7-6-12(17)19-9-14(3,4)5/h10H,6-9H2,1-5H3,(H,15,16). The molecule has 0 aliphatic rings. The SMILES string of the molecule is CC(=O)NCC(C)SC(=O)CCC(=O)OCC(C)(C)C. The summed E-state index contributed by atoms with van der Waals surface area (Å²) in [7, 11) is 0. The lowest BCUT2D eigenvalue weighted by atomic mass is 9.99. The molecule has 20 heavy (non-hydrogen) atoms. The number of carbonyl (C=O) groups excluding carboxylic acids is 3. The van der Waals surface area contributed by atoms with E-state index in [2.05, 4.69) is 5.32 Å². The van der Waals surface area contributed by atoms with Crippen LogP contribution in [0.3, 0.4) is 0 Å². The molecule has 0 rings (SSSR count). The van der Waals surface area contributed by atoms with Crippen molar-refractivity contribution < 1.29 is 19.1 Å². The van der Waals surface area contributed by atoms with Gasteiger partial charge in [-0.15, -0.1) is 0 Å². The van der Waals surface area contributed by atoms with Crippen molar-refractivity contribution in [3.63, 3.8) is 0 Å². The minimum absolute atomic E-state index is 0.00278. The zero-order valence-electron chi connectivity index (χ0n) is 12.9. The van der Waals surface area contributed by atoms with E-state index in [4.69, 9.17) is 4.74 Å². The van der Waals surface area contributed by atoms with Crippen LogP contribution in [0, 0.1) is 5.41 Å². The van der Waals surface area contributed by atoms with Gasteiger partial charge in [0, 0.05) is 25.1 Å². The first-order chi connectivity index (χ1) is 9.10. The third-order valence-corrected chi connectivity index (χ3v) is 3.21. The molecule has 0 aromatic rings. The lowest BCUT2D eigenvalue weighted by molar-refractivity contribution is -0.147. The minimum Gasteiger partial charge on any atom is -0.465 e. The van der Waals surface area contributed by atoms with Crippen molar-refractivity contribution >= 4 is 28.8 Å². The molecule has 0 saturated heterocycles. The van der Waals surface area contributed by atoms with Crippen LogP contribution in [0.5, 0.6) is 0 Å².